The van der Waals surface area contributed by atoms with Crippen molar-refractivity contribution in [3.8, 4) is 5.75 Å². The van der Waals surface area contributed by atoms with E-state index >= 15 is 0 Å². The molecular formula is C15H22ClNO4S. The van der Waals surface area contributed by atoms with Gasteiger partial charge in [-0.2, -0.15) is 0 Å². The first-order valence-electron chi connectivity index (χ1n) is 7.21. The topological polar surface area (TPSA) is 55.8 Å². The lowest BCUT2D eigenvalue weighted by atomic mass is 10.1. The molecule has 124 valence electrons. The summed E-state index contributed by atoms with van der Waals surface area (Å²) in [7, 11) is 0.314. The molecule has 0 spiro atoms. The number of nitrogens with zero attached hydrogens (tertiary/aromatic N) is 1. The van der Waals surface area contributed by atoms with Crippen molar-refractivity contribution in [2.24, 2.45) is 0 Å². The van der Waals surface area contributed by atoms with Crippen molar-refractivity contribution in [1.82, 2.24) is 4.90 Å². The molecule has 1 fully saturated rings. The predicted octanol–water partition coefficient (Wildman–Crippen LogP) is 1.98. The van der Waals surface area contributed by atoms with Crippen LogP contribution in [0.2, 0.25) is 5.02 Å². The van der Waals surface area contributed by atoms with Gasteiger partial charge in [0, 0.05) is 36.8 Å². The number of ether oxygens (including phenoxy) is 2. The summed E-state index contributed by atoms with van der Waals surface area (Å²) in [6, 6.07) is 5.52. The zero-order valence-corrected chi connectivity index (χ0v) is 14.5. The molecule has 0 aromatic heterocycles. The van der Waals surface area contributed by atoms with Crippen LogP contribution in [-0.2, 0) is 21.1 Å². The molecule has 1 aliphatic rings. The Balaban J connectivity index is 2.20. The van der Waals surface area contributed by atoms with Gasteiger partial charge in [-0.1, -0.05) is 17.7 Å². The number of hydrogen-bond donors (Lipinski definition) is 0. The summed E-state index contributed by atoms with van der Waals surface area (Å²) in [5.74, 6) is 1.17. The maximum atomic E-state index is 11.8. The zero-order chi connectivity index (χ0) is 16.2. The lowest BCUT2D eigenvalue weighted by Gasteiger charge is -2.28. The first kappa shape index (κ1) is 17.5. The minimum atomic E-state index is -2.93. The number of methoxy groups -OCH3 is 2. The second-order valence-electron chi connectivity index (χ2n) is 5.44. The van der Waals surface area contributed by atoms with Gasteiger partial charge in [-0.25, -0.2) is 8.42 Å². The van der Waals surface area contributed by atoms with Crippen LogP contribution in [0.1, 0.15) is 12.0 Å². The fourth-order valence-corrected chi connectivity index (χ4v) is 4.74. The minimum absolute atomic E-state index is 0.00105. The Morgan fingerprint density at radius 2 is 2.14 bits per heavy atom. The van der Waals surface area contributed by atoms with Crippen molar-refractivity contribution in [1.29, 1.82) is 0 Å². The molecule has 0 amide bonds. The molecule has 22 heavy (non-hydrogen) atoms. The standard InChI is InChI=1S/C15H22ClNO4S/c1-20-8-7-17(12-6-9-22(18,19)11-12)10-13-14(16)4-3-5-15(13)21-2/h3-5,12H,6-11H2,1-2H3. The van der Waals surface area contributed by atoms with Crippen LogP contribution in [0.3, 0.4) is 0 Å². The first-order valence-corrected chi connectivity index (χ1v) is 9.41. The van der Waals surface area contributed by atoms with E-state index < -0.39 is 9.84 Å². The predicted molar refractivity (Wildman–Crippen MR) is 87.3 cm³/mol. The van der Waals surface area contributed by atoms with Crippen molar-refractivity contribution in [3.63, 3.8) is 0 Å². The molecule has 1 aromatic rings. The largest absolute Gasteiger partial charge is 0.496 e. The highest BCUT2D eigenvalue weighted by Crippen LogP contribution is 2.29. The van der Waals surface area contributed by atoms with Crippen LogP contribution < -0.4 is 4.74 Å². The van der Waals surface area contributed by atoms with E-state index in [0.717, 1.165) is 11.3 Å². The molecule has 1 saturated heterocycles. The van der Waals surface area contributed by atoms with E-state index in [1.807, 2.05) is 18.2 Å². The second kappa shape index (κ2) is 7.64. The maximum Gasteiger partial charge on any atom is 0.151 e. The molecule has 1 heterocycles. The van der Waals surface area contributed by atoms with E-state index in [1.165, 1.54) is 0 Å². The average molecular weight is 348 g/mol. The van der Waals surface area contributed by atoms with Crippen LogP contribution >= 0.6 is 11.6 Å². The summed E-state index contributed by atoms with van der Waals surface area (Å²) in [4.78, 5) is 2.12. The minimum Gasteiger partial charge on any atom is -0.496 e. The molecule has 2 rings (SSSR count). The van der Waals surface area contributed by atoms with Gasteiger partial charge < -0.3 is 9.47 Å². The fraction of sp³-hybridized carbons (Fsp3) is 0.600. The summed E-state index contributed by atoms with van der Waals surface area (Å²) in [6.45, 7) is 1.75. The summed E-state index contributed by atoms with van der Waals surface area (Å²) < 4.78 is 34.0. The number of benzene rings is 1. The van der Waals surface area contributed by atoms with Crippen molar-refractivity contribution >= 4 is 21.4 Å². The molecule has 0 radical (unpaired) electrons. The van der Waals surface area contributed by atoms with Gasteiger partial charge >= 0.3 is 0 Å². The third-order valence-corrected chi connectivity index (χ3v) is 6.07. The Hall–Kier alpha value is -0.820. The van der Waals surface area contributed by atoms with Gasteiger partial charge in [-0.05, 0) is 18.6 Å². The van der Waals surface area contributed by atoms with Crippen molar-refractivity contribution < 1.29 is 17.9 Å². The number of rotatable bonds is 7. The van der Waals surface area contributed by atoms with Crippen molar-refractivity contribution in [2.75, 3.05) is 38.9 Å². The first-order chi connectivity index (χ1) is 10.5. The van der Waals surface area contributed by atoms with E-state index in [-0.39, 0.29) is 17.5 Å². The third kappa shape index (κ3) is 4.35. The Labute approximate surface area is 137 Å². The Morgan fingerprint density at radius 3 is 2.73 bits per heavy atom. The molecule has 1 aromatic carbocycles. The Morgan fingerprint density at radius 1 is 1.36 bits per heavy atom. The van der Waals surface area contributed by atoms with Gasteiger partial charge in [0.2, 0.25) is 0 Å². The smallest absolute Gasteiger partial charge is 0.151 e. The van der Waals surface area contributed by atoms with Gasteiger partial charge in [0.05, 0.1) is 25.2 Å². The Kier molecular flexibility index (Phi) is 6.09. The lowest BCUT2D eigenvalue weighted by molar-refractivity contribution is 0.120. The molecular weight excluding hydrogens is 326 g/mol. The Bertz CT molecular complexity index is 606. The monoisotopic (exact) mass is 347 g/mol. The highest BCUT2D eigenvalue weighted by Gasteiger charge is 2.32. The van der Waals surface area contributed by atoms with Gasteiger partial charge in [-0.15, -0.1) is 0 Å². The second-order valence-corrected chi connectivity index (χ2v) is 8.08. The number of hydrogen-bond acceptors (Lipinski definition) is 5. The summed E-state index contributed by atoms with van der Waals surface area (Å²) in [5.41, 5.74) is 0.882. The fourth-order valence-electron chi connectivity index (χ4n) is 2.75. The SMILES string of the molecule is COCCN(Cc1c(Cl)cccc1OC)C1CCS(=O)(=O)C1. The third-order valence-electron chi connectivity index (χ3n) is 3.96. The lowest BCUT2D eigenvalue weighted by Crippen LogP contribution is -2.38. The van der Waals surface area contributed by atoms with Crippen LogP contribution in [-0.4, -0.2) is 58.2 Å². The van der Waals surface area contributed by atoms with Crippen LogP contribution in [0.25, 0.3) is 0 Å². The normalized spacial score (nSPS) is 20.5. The van der Waals surface area contributed by atoms with Crippen molar-refractivity contribution in [2.45, 2.75) is 19.0 Å². The highest BCUT2D eigenvalue weighted by atomic mass is 35.5. The summed E-state index contributed by atoms with van der Waals surface area (Å²) in [5, 5.41) is 0.627. The van der Waals surface area contributed by atoms with E-state index in [4.69, 9.17) is 21.1 Å². The quantitative estimate of drug-likeness (QED) is 0.755. The molecule has 1 aliphatic heterocycles. The highest BCUT2D eigenvalue weighted by molar-refractivity contribution is 7.91. The number of sulfone groups is 1. The van der Waals surface area contributed by atoms with Gasteiger partial charge in [0.25, 0.3) is 0 Å². The number of halogens is 1. The van der Waals surface area contributed by atoms with Gasteiger partial charge in [-0.3, -0.25) is 4.90 Å². The summed E-state index contributed by atoms with van der Waals surface area (Å²) >= 11 is 6.29. The van der Waals surface area contributed by atoms with Crippen LogP contribution in [0, 0.1) is 0 Å². The van der Waals surface area contributed by atoms with Crippen LogP contribution in [0.15, 0.2) is 18.2 Å². The van der Waals surface area contributed by atoms with Crippen LogP contribution in [0.4, 0.5) is 0 Å². The molecule has 5 nitrogen and oxygen atoms in total. The van der Waals surface area contributed by atoms with E-state index in [0.29, 0.717) is 31.1 Å². The molecule has 0 N–H and O–H groups in total. The maximum absolute atomic E-state index is 11.8. The zero-order valence-electron chi connectivity index (χ0n) is 12.9. The molecule has 0 bridgehead atoms. The van der Waals surface area contributed by atoms with E-state index in [2.05, 4.69) is 4.90 Å². The van der Waals surface area contributed by atoms with E-state index in [1.54, 1.807) is 14.2 Å². The van der Waals surface area contributed by atoms with E-state index in [9.17, 15) is 8.42 Å². The molecule has 1 unspecified atom stereocenters. The molecule has 0 saturated carbocycles. The molecule has 7 heteroatoms. The van der Waals surface area contributed by atoms with Gasteiger partial charge in [0.15, 0.2) is 9.84 Å². The average Bonchev–Trinajstić information content (AvgIpc) is 2.84. The summed E-state index contributed by atoms with van der Waals surface area (Å²) in [6.07, 6.45) is 0.652. The van der Waals surface area contributed by atoms with Crippen LogP contribution in [0.5, 0.6) is 5.75 Å². The molecule has 1 atom stereocenters. The molecule has 0 aliphatic carbocycles. The van der Waals surface area contributed by atoms with Gasteiger partial charge in [0.1, 0.15) is 5.75 Å². The van der Waals surface area contributed by atoms with Crippen molar-refractivity contribution in [3.05, 3.63) is 28.8 Å².